The minimum atomic E-state index is -3.24. The van der Waals surface area contributed by atoms with Crippen molar-refractivity contribution < 1.29 is 22.7 Å². The van der Waals surface area contributed by atoms with Gasteiger partial charge in [0.1, 0.15) is 5.92 Å². The third-order valence-electron chi connectivity index (χ3n) is 2.91. The zero-order chi connectivity index (χ0) is 15.6. The lowest BCUT2D eigenvalue weighted by atomic mass is 9.80. The molecule has 2 atom stereocenters. The van der Waals surface area contributed by atoms with E-state index in [1.165, 1.54) is 6.08 Å². The fourth-order valence-corrected chi connectivity index (χ4v) is 3.25. The molecule has 0 saturated carbocycles. The van der Waals surface area contributed by atoms with Crippen molar-refractivity contribution in [1.29, 1.82) is 0 Å². The van der Waals surface area contributed by atoms with Crippen LogP contribution >= 0.6 is 0 Å². The largest absolute Gasteiger partial charge is 0.465 e. The van der Waals surface area contributed by atoms with E-state index in [1.54, 1.807) is 27.7 Å². The topological polar surface area (TPSA) is 89.5 Å². The highest BCUT2D eigenvalue weighted by molar-refractivity contribution is 7.94. The van der Waals surface area contributed by atoms with Crippen molar-refractivity contribution >= 4 is 21.7 Å². The molecule has 0 bridgehead atoms. The summed E-state index contributed by atoms with van der Waals surface area (Å²) < 4.78 is 27.5. The predicted molar refractivity (Wildman–Crippen MR) is 74.4 cm³/mol. The minimum Gasteiger partial charge on any atom is -0.465 e. The number of rotatable bonds is 4. The molecule has 2 unspecified atom stereocenters. The van der Waals surface area contributed by atoms with Crippen LogP contribution in [-0.4, -0.2) is 38.7 Å². The van der Waals surface area contributed by atoms with Crippen LogP contribution in [0, 0.1) is 11.3 Å². The van der Waals surface area contributed by atoms with Gasteiger partial charge in [0.25, 0.3) is 0 Å². The third-order valence-corrected chi connectivity index (χ3v) is 4.30. The molecule has 0 aliphatic carbocycles. The first-order chi connectivity index (χ1) is 9.07. The Bertz CT molecular complexity index is 515. The Balaban J connectivity index is 2.80. The van der Waals surface area contributed by atoms with E-state index in [0.717, 1.165) is 5.41 Å². The van der Waals surface area contributed by atoms with Crippen molar-refractivity contribution in [1.82, 2.24) is 5.32 Å². The van der Waals surface area contributed by atoms with Crippen molar-refractivity contribution in [3.05, 3.63) is 11.5 Å². The van der Waals surface area contributed by atoms with Gasteiger partial charge >= 0.3 is 5.97 Å². The van der Waals surface area contributed by atoms with E-state index in [2.05, 4.69) is 5.32 Å². The van der Waals surface area contributed by atoms with Gasteiger partial charge in [0.2, 0.25) is 5.91 Å². The summed E-state index contributed by atoms with van der Waals surface area (Å²) in [7, 11) is -3.24. The van der Waals surface area contributed by atoms with E-state index in [1.807, 2.05) is 0 Å². The number of hydrogen-bond acceptors (Lipinski definition) is 5. The number of hydrogen-bond donors (Lipinski definition) is 1. The molecule has 1 aliphatic heterocycles. The van der Waals surface area contributed by atoms with Crippen LogP contribution in [0.4, 0.5) is 0 Å². The Labute approximate surface area is 119 Å². The Morgan fingerprint density at radius 1 is 1.40 bits per heavy atom. The second-order valence-electron chi connectivity index (χ2n) is 5.82. The average molecular weight is 303 g/mol. The van der Waals surface area contributed by atoms with Gasteiger partial charge in [-0.25, -0.2) is 8.42 Å². The molecular weight excluding hydrogens is 282 g/mol. The van der Waals surface area contributed by atoms with E-state index >= 15 is 0 Å². The standard InChI is InChI=1S/C13H21NO5S/c1-5-19-12(16)10(13(2,3)4)11(15)14-9-6-7-20(17,18)8-9/h6-7,9-10H,5,8H2,1-4H3,(H,14,15). The fraction of sp³-hybridized carbons (Fsp3) is 0.692. The smallest absolute Gasteiger partial charge is 0.319 e. The number of sulfone groups is 1. The normalized spacial score (nSPS) is 22.3. The molecule has 0 radical (unpaired) electrons. The summed E-state index contributed by atoms with van der Waals surface area (Å²) in [5.41, 5.74) is -0.614. The molecule has 0 spiro atoms. The fourth-order valence-electron chi connectivity index (χ4n) is 2.01. The van der Waals surface area contributed by atoms with Crippen molar-refractivity contribution in [2.45, 2.75) is 33.7 Å². The molecule has 1 rings (SSSR count). The maximum atomic E-state index is 12.2. The number of carbonyl (C=O) groups is 2. The van der Waals surface area contributed by atoms with E-state index in [9.17, 15) is 18.0 Å². The van der Waals surface area contributed by atoms with Gasteiger partial charge in [-0.2, -0.15) is 0 Å². The van der Waals surface area contributed by atoms with Gasteiger partial charge in [-0.1, -0.05) is 20.8 Å². The van der Waals surface area contributed by atoms with Crippen LogP contribution in [0.2, 0.25) is 0 Å². The van der Waals surface area contributed by atoms with Crippen molar-refractivity contribution in [2.24, 2.45) is 11.3 Å². The molecule has 0 aromatic rings. The molecule has 0 fully saturated rings. The second kappa shape index (κ2) is 5.95. The Hall–Kier alpha value is -1.37. The number of ether oxygens (including phenoxy) is 1. The van der Waals surface area contributed by atoms with E-state index in [4.69, 9.17) is 4.74 Å². The predicted octanol–water partition coefficient (Wildman–Crippen LogP) is 0.639. The highest BCUT2D eigenvalue weighted by atomic mass is 32.2. The van der Waals surface area contributed by atoms with Crippen LogP contribution in [0.15, 0.2) is 11.5 Å². The van der Waals surface area contributed by atoms with Crippen LogP contribution in [0.1, 0.15) is 27.7 Å². The summed E-state index contributed by atoms with van der Waals surface area (Å²) in [5, 5.41) is 3.65. The lowest BCUT2D eigenvalue weighted by Gasteiger charge is -2.28. The first kappa shape index (κ1) is 16.7. The highest BCUT2D eigenvalue weighted by Crippen LogP contribution is 2.27. The molecule has 0 aromatic carbocycles. The summed E-state index contributed by atoms with van der Waals surface area (Å²) >= 11 is 0. The second-order valence-corrected chi connectivity index (χ2v) is 7.76. The summed E-state index contributed by atoms with van der Waals surface area (Å²) in [5.74, 6) is -2.25. The van der Waals surface area contributed by atoms with Crippen molar-refractivity contribution in [3.8, 4) is 0 Å². The molecule has 0 saturated heterocycles. The molecular formula is C13H21NO5S. The Morgan fingerprint density at radius 3 is 2.40 bits per heavy atom. The van der Waals surface area contributed by atoms with E-state index in [-0.39, 0.29) is 12.4 Å². The van der Waals surface area contributed by atoms with Crippen LogP contribution in [0.25, 0.3) is 0 Å². The summed E-state index contributed by atoms with van der Waals surface area (Å²) in [6.45, 7) is 7.14. The highest BCUT2D eigenvalue weighted by Gasteiger charge is 2.40. The SMILES string of the molecule is CCOC(=O)C(C(=O)NC1C=CS(=O)(=O)C1)C(C)(C)C. The molecule has 1 N–H and O–H groups in total. The zero-order valence-electron chi connectivity index (χ0n) is 12.2. The van der Waals surface area contributed by atoms with E-state index < -0.39 is 39.1 Å². The van der Waals surface area contributed by atoms with Gasteiger partial charge in [-0.05, 0) is 18.4 Å². The molecule has 7 heteroatoms. The number of nitrogens with one attached hydrogen (secondary N) is 1. The average Bonchev–Trinajstić information content (AvgIpc) is 2.55. The molecule has 1 aliphatic rings. The molecule has 1 amide bonds. The Morgan fingerprint density at radius 2 is 2.00 bits per heavy atom. The summed E-state index contributed by atoms with van der Waals surface area (Å²) in [6, 6.07) is -0.591. The third kappa shape index (κ3) is 4.33. The van der Waals surface area contributed by atoms with Gasteiger partial charge in [-0.15, -0.1) is 0 Å². The van der Waals surface area contributed by atoms with Gasteiger partial charge in [0.15, 0.2) is 9.84 Å². The van der Waals surface area contributed by atoms with Crippen LogP contribution in [-0.2, 0) is 24.2 Å². The quantitative estimate of drug-likeness (QED) is 0.608. The van der Waals surface area contributed by atoms with Crippen LogP contribution < -0.4 is 5.32 Å². The van der Waals surface area contributed by atoms with E-state index in [0.29, 0.717) is 0 Å². The molecule has 114 valence electrons. The minimum absolute atomic E-state index is 0.168. The van der Waals surface area contributed by atoms with Gasteiger partial charge in [-0.3, -0.25) is 9.59 Å². The molecule has 6 nitrogen and oxygen atoms in total. The monoisotopic (exact) mass is 303 g/mol. The van der Waals surface area contributed by atoms with Gasteiger partial charge < -0.3 is 10.1 Å². The number of amides is 1. The van der Waals surface area contributed by atoms with Gasteiger partial charge in [0, 0.05) is 5.41 Å². The van der Waals surface area contributed by atoms with Crippen LogP contribution in [0.5, 0.6) is 0 Å². The molecule has 1 heterocycles. The van der Waals surface area contributed by atoms with Crippen molar-refractivity contribution in [2.75, 3.05) is 12.4 Å². The maximum absolute atomic E-state index is 12.2. The lowest BCUT2D eigenvalue weighted by Crippen LogP contribution is -2.47. The molecule has 20 heavy (non-hydrogen) atoms. The lowest BCUT2D eigenvalue weighted by molar-refractivity contribution is -0.156. The van der Waals surface area contributed by atoms with Crippen molar-refractivity contribution in [3.63, 3.8) is 0 Å². The Kier molecular flexibility index (Phi) is 4.96. The number of carbonyl (C=O) groups excluding carboxylic acids is 2. The van der Waals surface area contributed by atoms with Crippen LogP contribution in [0.3, 0.4) is 0 Å². The zero-order valence-corrected chi connectivity index (χ0v) is 13.0. The number of esters is 1. The summed E-state index contributed by atoms with van der Waals surface area (Å²) in [6.07, 6.45) is 1.41. The molecule has 0 aromatic heterocycles. The first-order valence-electron chi connectivity index (χ1n) is 6.45. The summed E-state index contributed by atoms with van der Waals surface area (Å²) in [4.78, 5) is 24.1. The maximum Gasteiger partial charge on any atom is 0.319 e. The first-order valence-corrected chi connectivity index (χ1v) is 8.16. The van der Waals surface area contributed by atoms with Gasteiger partial charge in [0.05, 0.1) is 18.4 Å².